The van der Waals surface area contributed by atoms with Gasteiger partial charge in [0.1, 0.15) is 0 Å². The molecule has 0 saturated carbocycles. The van der Waals surface area contributed by atoms with Crippen molar-refractivity contribution < 1.29 is 14.4 Å². The fourth-order valence-electron chi connectivity index (χ4n) is 1.54. The molecular formula is C10H12N2O4. The summed E-state index contributed by atoms with van der Waals surface area (Å²) < 4.78 is 10.8. The first-order valence-electron chi connectivity index (χ1n) is 5.02. The normalized spacial score (nSPS) is 15.0. The monoisotopic (exact) mass is 224 g/mol. The standard InChI is InChI=1S/C10H12N2O4/c11-8-5-7(12(13)14)6-9-10(8)16-4-2-1-3-15-9/h5-6H,1-4,11H2. The number of hydrogen-bond acceptors (Lipinski definition) is 5. The zero-order valence-electron chi connectivity index (χ0n) is 8.64. The Bertz CT molecular complexity index is 420. The molecule has 0 aromatic heterocycles. The Kier molecular flexibility index (Phi) is 2.80. The summed E-state index contributed by atoms with van der Waals surface area (Å²) in [5, 5.41) is 10.6. The summed E-state index contributed by atoms with van der Waals surface area (Å²) in [4.78, 5) is 10.1. The number of rotatable bonds is 1. The van der Waals surface area contributed by atoms with Crippen molar-refractivity contribution in [3.8, 4) is 11.5 Å². The van der Waals surface area contributed by atoms with Crippen LogP contribution in [0.4, 0.5) is 11.4 Å². The Hall–Kier alpha value is -1.98. The van der Waals surface area contributed by atoms with E-state index in [4.69, 9.17) is 15.2 Å². The third kappa shape index (κ3) is 2.00. The molecule has 1 aliphatic heterocycles. The van der Waals surface area contributed by atoms with Gasteiger partial charge in [0, 0.05) is 6.07 Å². The quantitative estimate of drug-likeness (QED) is 0.446. The zero-order chi connectivity index (χ0) is 11.5. The van der Waals surface area contributed by atoms with Crippen LogP contribution in [0, 0.1) is 10.1 Å². The van der Waals surface area contributed by atoms with E-state index in [1.165, 1.54) is 12.1 Å². The Morgan fingerprint density at radius 2 is 1.94 bits per heavy atom. The number of nitrogens with zero attached hydrogens (tertiary/aromatic N) is 1. The summed E-state index contributed by atoms with van der Waals surface area (Å²) >= 11 is 0. The van der Waals surface area contributed by atoms with Crippen LogP contribution in [0.5, 0.6) is 11.5 Å². The number of nitrogens with two attached hydrogens (primary N) is 1. The lowest BCUT2D eigenvalue weighted by Crippen LogP contribution is -2.10. The van der Waals surface area contributed by atoms with Crippen LogP contribution in [-0.4, -0.2) is 18.1 Å². The van der Waals surface area contributed by atoms with Gasteiger partial charge in [-0.25, -0.2) is 0 Å². The van der Waals surface area contributed by atoms with E-state index in [9.17, 15) is 10.1 Å². The van der Waals surface area contributed by atoms with Gasteiger partial charge >= 0.3 is 0 Å². The van der Waals surface area contributed by atoms with Gasteiger partial charge in [0.05, 0.1) is 29.9 Å². The average Bonchev–Trinajstić information content (AvgIpc) is 2.19. The molecule has 16 heavy (non-hydrogen) atoms. The molecule has 1 aliphatic rings. The highest BCUT2D eigenvalue weighted by Gasteiger charge is 2.18. The molecule has 0 amide bonds. The van der Waals surface area contributed by atoms with Crippen LogP contribution in [0.15, 0.2) is 12.1 Å². The smallest absolute Gasteiger partial charge is 0.275 e. The van der Waals surface area contributed by atoms with Gasteiger partial charge in [0.25, 0.3) is 5.69 Å². The molecule has 0 radical (unpaired) electrons. The predicted molar refractivity (Wildman–Crippen MR) is 57.7 cm³/mol. The van der Waals surface area contributed by atoms with Crippen LogP contribution in [-0.2, 0) is 0 Å². The van der Waals surface area contributed by atoms with Gasteiger partial charge in [0.2, 0.25) is 0 Å². The maximum atomic E-state index is 10.6. The summed E-state index contributed by atoms with van der Waals surface area (Å²) in [5.74, 6) is 0.761. The van der Waals surface area contributed by atoms with E-state index in [1.54, 1.807) is 0 Å². The lowest BCUT2D eigenvalue weighted by molar-refractivity contribution is -0.384. The van der Waals surface area contributed by atoms with Crippen molar-refractivity contribution in [3.05, 3.63) is 22.2 Å². The molecule has 1 aromatic carbocycles. The molecule has 0 fully saturated rings. The van der Waals surface area contributed by atoms with E-state index in [2.05, 4.69) is 0 Å². The van der Waals surface area contributed by atoms with E-state index in [-0.39, 0.29) is 11.4 Å². The van der Waals surface area contributed by atoms with Crippen molar-refractivity contribution in [2.45, 2.75) is 12.8 Å². The molecule has 6 heteroatoms. The van der Waals surface area contributed by atoms with Crippen LogP contribution >= 0.6 is 0 Å². The summed E-state index contributed by atoms with van der Waals surface area (Å²) in [6.45, 7) is 1.08. The number of nitrogen functional groups attached to an aromatic ring is 1. The lowest BCUT2D eigenvalue weighted by atomic mass is 10.2. The second-order valence-corrected chi connectivity index (χ2v) is 3.52. The lowest BCUT2D eigenvalue weighted by Gasteiger charge is -2.17. The van der Waals surface area contributed by atoms with Crippen molar-refractivity contribution in [2.75, 3.05) is 18.9 Å². The Morgan fingerprint density at radius 1 is 1.25 bits per heavy atom. The molecule has 2 N–H and O–H groups in total. The van der Waals surface area contributed by atoms with E-state index < -0.39 is 4.92 Å². The van der Waals surface area contributed by atoms with Crippen LogP contribution in [0.3, 0.4) is 0 Å². The van der Waals surface area contributed by atoms with Gasteiger partial charge in [0.15, 0.2) is 11.5 Å². The van der Waals surface area contributed by atoms with Crippen molar-refractivity contribution in [2.24, 2.45) is 0 Å². The Labute approximate surface area is 92.1 Å². The molecule has 2 rings (SSSR count). The first kappa shape index (κ1) is 10.5. The van der Waals surface area contributed by atoms with Crippen LogP contribution < -0.4 is 15.2 Å². The fraction of sp³-hybridized carbons (Fsp3) is 0.400. The molecule has 6 nitrogen and oxygen atoms in total. The van der Waals surface area contributed by atoms with Crippen molar-refractivity contribution in [3.63, 3.8) is 0 Å². The highest BCUT2D eigenvalue weighted by molar-refractivity contribution is 5.65. The maximum Gasteiger partial charge on any atom is 0.275 e. The minimum atomic E-state index is -0.501. The average molecular weight is 224 g/mol. The Balaban J connectivity index is 2.43. The van der Waals surface area contributed by atoms with Crippen LogP contribution in [0.25, 0.3) is 0 Å². The molecule has 0 bridgehead atoms. The number of hydrogen-bond donors (Lipinski definition) is 1. The van der Waals surface area contributed by atoms with Gasteiger partial charge in [-0.2, -0.15) is 0 Å². The van der Waals surface area contributed by atoms with Crippen molar-refractivity contribution in [1.29, 1.82) is 0 Å². The van der Waals surface area contributed by atoms with Gasteiger partial charge in [-0.15, -0.1) is 0 Å². The first-order chi connectivity index (χ1) is 7.68. The second kappa shape index (κ2) is 4.26. The van der Waals surface area contributed by atoms with E-state index in [0.29, 0.717) is 24.7 Å². The summed E-state index contributed by atoms with van der Waals surface area (Å²) in [7, 11) is 0. The predicted octanol–water partition coefficient (Wildman–Crippen LogP) is 1.73. The number of benzene rings is 1. The molecule has 0 spiro atoms. The second-order valence-electron chi connectivity index (χ2n) is 3.52. The number of fused-ring (bicyclic) bond motifs is 1. The van der Waals surface area contributed by atoms with E-state index in [0.717, 1.165) is 12.8 Å². The zero-order valence-corrected chi connectivity index (χ0v) is 8.64. The molecule has 86 valence electrons. The molecule has 1 heterocycles. The van der Waals surface area contributed by atoms with Gasteiger partial charge in [-0.3, -0.25) is 10.1 Å². The summed E-state index contributed by atoms with van der Waals surface area (Å²) in [5.41, 5.74) is 5.85. The molecule has 1 aromatic rings. The Morgan fingerprint density at radius 3 is 2.62 bits per heavy atom. The van der Waals surface area contributed by atoms with Crippen LogP contribution in [0.2, 0.25) is 0 Å². The highest BCUT2D eigenvalue weighted by Crippen LogP contribution is 2.38. The minimum Gasteiger partial charge on any atom is -0.489 e. The number of ether oxygens (including phenoxy) is 2. The van der Waals surface area contributed by atoms with Crippen molar-refractivity contribution in [1.82, 2.24) is 0 Å². The topological polar surface area (TPSA) is 87.6 Å². The molecule has 0 atom stereocenters. The van der Waals surface area contributed by atoms with Gasteiger partial charge < -0.3 is 15.2 Å². The SMILES string of the molecule is Nc1cc([N+](=O)[O-])cc2c1OCCCCO2. The number of non-ortho nitro benzene ring substituents is 1. The fourth-order valence-corrected chi connectivity index (χ4v) is 1.54. The van der Waals surface area contributed by atoms with Crippen LogP contribution in [0.1, 0.15) is 12.8 Å². The molecule has 0 saturated heterocycles. The molecule has 0 aliphatic carbocycles. The summed E-state index contributed by atoms with van der Waals surface area (Å²) in [6.07, 6.45) is 1.75. The largest absolute Gasteiger partial charge is 0.489 e. The summed E-state index contributed by atoms with van der Waals surface area (Å²) in [6, 6.07) is 2.63. The van der Waals surface area contributed by atoms with Crippen molar-refractivity contribution >= 4 is 11.4 Å². The number of anilines is 1. The third-order valence-electron chi connectivity index (χ3n) is 2.32. The van der Waals surface area contributed by atoms with Gasteiger partial charge in [-0.1, -0.05) is 0 Å². The first-order valence-corrected chi connectivity index (χ1v) is 5.02. The third-order valence-corrected chi connectivity index (χ3v) is 2.32. The minimum absolute atomic E-state index is 0.0829. The van der Waals surface area contributed by atoms with E-state index >= 15 is 0 Å². The number of nitro benzene ring substituents is 1. The molecular weight excluding hydrogens is 212 g/mol. The van der Waals surface area contributed by atoms with E-state index in [1.807, 2.05) is 0 Å². The van der Waals surface area contributed by atoms with Gasteiger partial charge in [-0.05, 0) is 12.8 Å². The highest BCUT2D eigenvalue weighted by atomic mass is 16.6. The molecule has 0 unspecified atom stereocenters. The number of nitro groups is 1. The maximum absolute atomic E-state index is 10.6.